The van der Waals surface area contributed by atoms with Crippen LogP contribution in [-0.2, 0) is 0 Å². The molecule has 0 aliphatic rings. The SMILES string of the molecule is COc1nc(OC)nc(-n2ncc3ccc(N)cc32)n1. The molecule has 2 N–H and O–H groups in total. The average molecular weight is 272 g/mol. The van der Waals surface area contributed by atoms with E-state index in [4.69, 9.17) is 15.2 Å². The summed E-state index contributed by atoms with van der Waals surface area (Å²) < 4.78 is 11.6. The van der Waals surface area contributed by atoms with Crippen LogP contribution in [0.4, 0.5) is 5.69 Å². The summed E-state index contributed by atoms with van der Waals surface area (Å²) in [6.45, 7) is 0. The lowest BCUT2D eigenvalue weighted by Crippen LogP contribution is -2.07. The number of methoxy groups -OCH3 is 2. The Morgan fingerprint density at radius 3 is 2.40 bits per heavy atom. The molecule has 0 atom stereocenters. The number of benzene rings is 1. The van der Waals surface area contributed by atoms with Gasteiger partial charge < -0.3 is 15.2 Å². The molecular weight excluding hydrogens is 260 g/mol. The number of hydrogen-bond acceptors (Lipinski definition) is 7. The van der Waals surface area contributed by atoms with E-state index in [-0.39, 0.29) is 12.0 Å². The summed E-state index contributed by atoms with van der Waals surface area (Å²) >= 11 is 0. The molecule has 0 saturated carbocycles. The zero-order valence-electron chi connectivity index (χ0n) is 10.9. The molecule has 8 heteroatoms. The Morgan fingerprint density at radius 1 is 1.05 bits per heavy atom. The Bertz CT molecular complexity index is 747. The molecule has 3 aromatic rings. The van der Waals surface area contributed by atoms with E-state index in [1.807, 2.05) is 12.1 Å². The second kappa shape index (κ2) is 4.65. The van der Waals surface area contributed by atoms with Gasteiger partial charge >= 0.3 is 12.0 Å². The summed E-state index contributed by atoms with van der Waals surface area (Å²) in [6, 6.07) is 5.79. The number of rotatable bonds is 3. The Hall–Kier alpha value is -2.90. The van der Waals surface area contributed by atoms with E-state index in [1.54, 1.807) is 16.9 Å². The third-order valence-corrected chi connectivity index (χ3v) is 2.73. The highest BCUT2D eigenvalue weighted by molar-refractivity contribution is 5.82. The zero-order chi connectivity index (χ0) is 14.1. The predicted octanol–water partition coefficient (Wildman–Crippen LogP) is 0.810. The second-order valence-electron chi connectivity index (χ2n) is 3.98. The van der Waals surface area contributed by atoms with Crippen molar-refractivity contribution in [1.29, 1.82) is 0 Å². The van der Waals surface area contributed by atoms with Crippen molar-refractivity contribution in [2.24, 2.45) is 0 Å². The molecule has 0 fully saturated rings. The topological polar surface area (TPSA) is 101 Å². The highest BCUT2D eigenvalue weighted by Crippen LogP contribution is 2.20. The molecule has 0 radical (unpaired) electrons. The fourth-order valence-corrected chi connectivity index (χ4v) is 1.80. The van der Waals surface area contributed by atoms with Gasteiger partial charge in [0.05, 0.1) is 25.9 Å². The highest BCUT2D eigenvalue weighted by atomic mass is 16.5. The quantitative estimate of drug-likeness (QED) is 0.704. The van der Waals surface area contributed by atoms with E-state index in [1.165, 1.54) is 14.2 Å². The molecule has 2 heterocycles. The van der Waals surface area contributed by atoms with Crippen LogP contribution in [0.1, 0.15) is 0 Å². The van der Waals surface area contributed by atoms with Gasteiger partial charge in [-0.15, -0.1) is 4.98 Å². The number of anilines is 1. The largest absolute Gasteiger partial charge is 0.467 e. The molecule has 2 aromatic heterocycles. The smallest absolute Gasteiger partial charge is 0.324 e. The molecule has 8 nitrogen and oxygen atoms in total. The maximum atomic E-state index is 5.80. The number of aromatic nitrogens is 5. The fraction of sp³-hybridized carbons (Fsp3) is 0.167. The van der Waals surface area contributed by atoms with Crippen LogP contribution in [0.2, 0.25) is 0 Å². The average Bonchev–Trinajstić information content (AvgIpc) is 2.89. The Balaban J connectivity index is 2.22. The van der Waals surface area contributed by atoms with Crippen molar-refractivity contribution in [1.82, 2.24) is 24.7 Å². The van der Waals surface area contributed by atoms with Gasteiger partial charge in [0, 0.05) is 11.1 Å². The van der Waals surface area contributed by atoms with Crippen LogP contribution in [0.5, 0.6) is 12.0 Å². The van der Waals surface area contributed by atoms with Gasteiger partial charge in [-0.3, -0.25) is 0 Å². The molecule has 102 valence electrons. The van der Waals surface area contributed by atoms with E-state index in [0.717, 1.165) is 10.9 Å². The van der Waals surface area contributed by atoms with Gasteiger partial charge in [-0.1, -0.05) is 0 Å². The van der Waals surface area contributed by atoms with E-state index in [0.29, 0.717) is 11.6 Å². The minimum Gasteiger partial charge on any atom is -0.467 e. The van der Waals surface area contributed by atoms with Crippen molar-refractivity contribution in [3.05, 3.63) is 24.4 Å². The van der Waals surface area contributed by atoms with Crippen LogP contribution in [0.3, 0.4) is 0 Å². The third-order valence-electron chi connectivity index (χ3n) is 2.73. The number of hydrogen-bond donors (Lipinski definition) is 1. The Kier molecular flexibility index (Phi) is 2.82. The van der Waals surface area contributed by atoms with Crippen molar-refractivity contribution in [2.45, 2.75) is 0 Å². The lowest BCUT2D eigenvalue weighted by molar-refractivity contribution is 0.338. The van der Waals surface area contributed by atoms with Crippen LogP contribution < -0.4 is 15.2 Å². The molecule has 20 heavy (non-hydrogen) atoms. The third kappa shape index (κ3) is 1.96. The van der Waals surface area contributed by atoms with Gasteiger partial charge in [0.25, 0.3) is 5.95 Å². The molecule has 0 aliphatic heterocycles. The van der Waals surface area contributed by atoms with E-state index in [9.17, 15) is 0 Å². The number of nitrogen functional groups attached to an aromatic ring is 1. The Labute approximate surface area is 114 Å². The van der Waals surface area contributed by atoms with Crippen molar-refractivity contribution in [3.63, 3.8) is 0 Å². The molecular formula is C12H12N6O2. The van der Waals surface area contributed by atoms with E-state index < -0.39 is 0 Å². The van der Waals surface area contributed by atoms with Crippen molar-refractivity contribution < 1.29 is 9.47 Å². The number of nitrogens with two attached hydrogens (primary N) is 1. The van der Waals surface area contributed by atoms with Crippen molar-refractivity contribution in [3.8, 4) is 18.0 Å². The van der Waals surface area contributed by atoms with E-state index in [2.05, 4.69) is 20.1 Å². The van der Waals surface area contributed by atoms with Gasteiger partial charge in [-0.05, 0) is 18.2 Å². The predicted molar refractivity (Wildman–Crippen MR) is 72.0 cm³/mol. The summed E-state index contributed by atoms with van der Waals surface area (Å²) in [7, 11) is 2.94. The summed E-state index contributed by atoms with van der Waals surface area (Å²) in [5.74, 6) is 0.300. The van der Waals surface area contributed by atoms with Crippen LogP contribution in [-0.4, -0.2) is 39.0 Å². The normalized spacial score (nSPS) is 10.7. The first-order valence-corrected chi connectivity index (χ1v) is 5.79. The molecule has 0 aliphatic carbocycles. The summed E-state index contributed by atoms with van der Waals surface area (Å²) in [4.78, 5) is 12.3. The summed E-state index contributed by atoms with van der Waals surface area (Å²) in [5.41, 5.74) is 7.22. The highest BCUT2D eigenvalue weighted by Gasteiger charge is 2.12. The molecule has 0 amide bonds. The standard InChI is InChI=1S/C12H12N6O2/c1-19-11-15-10(16-12(17-11)20-2)18-9-5-8(13)4-3-7(9)6-14-18/h3-6H,13H2,1-2H3. The van der Waals surface area contributed by atoms with Crippen LogP contribution >= 0.6 is 0 Å². The first-order valence-electron chi connectivity index (χ1n) is 5.79. The lowest BCUT2D eigenvalue weighted by Gasteiger charge is -2.06. The number of ether oxygens (including phenoxy) is 2. The second-order valence-corrected chi connectivity index (χ2v) is 3.98. The van der Waals surface area contributed by atoms with Crippen LogP contribution in [0.15, 0.2) is 24.4 Å². The lowest BCUT2D eigenvalue weighted by atomic mass is 10.2. The number of nitrogens with zero attached hydrogens (tertiary/aromatic N) is 5. The molecule has 1 aromatic carbocycles. The molecule has 0 bridgehead atoms. The van der Waals surface area contributed by atoms with Gasteiger partial charge in [0.15, 0.2) is 0 Å². The van der Waals surface area contributed by atoms with E-state index >= 15 is 0 Å². The van der Waals surface area contributed by atoms with Gasteiger partial charge in [0.1, 0.15) is 0 Å². The zero-order valence-corrected chi connectivity index (χ0v) is 10.9. The summed E-state index contributed by atoms with van der Waals surface area (Å²) in [5, 5.41) is 5.18. The first-order chi connectivity index (χ1) is 9.71. The van der Waals surface area contributed by atoms with Gasteiger partial charge in [0.2, 0.25) is 0 Å². The molecule has 0 unspecified atom stereocenters. The van der Waals surface area contributed by atoms with Gasteiger partial charge in [-0.2, -0.15) is 19.7 Å². The van der Waals surface area contributed by atoms with Crippen LogP contribution in [0.25, 0.3) is 16.9 Å². The van der Waals surface area contributed by atoms with Gasteiger partial charge in [-0.25, -0.2) is 0 Å². The minimum atomic E-state index is 0.152. The monoisotopic (exact) mass is 272 g/mol. The number of fused-ring (bicyclic) bond motifs is 1. The maximum Gasteiger partial charge on any atom is 0.324 e. The fourth-order valence-electron chi connectivity index (χ4n) is 1.80. The van der Waals surface area contributed by atoms with Crippen molar-refractivity contribution in [2.75, 3.05) is 20.0 Å². The Morgan fingerprint density at radius 2 is 1.75 bits per heavy atom. The van der Waals surface area contributed by atoms with Crippen LogP contribution in [0, 0.1) is 0 Å². The van der Waals surface area contributed by atoms with Crippen molar-refractivity contribution >= 4 is 16.6 Å². The molecule has 3 rings (SSSR count). The maximum absolute atomic E-state index is 5.80. The minimum absolute atomic E-state index is 0.152. The molecule has 0 spiro atoms. The summed E-state index contributed by atoms with van der Waals surface area (Å²) in [6.07, 6.45) is 1.71. The molecule has 0 saturated heterocycles. The first kappa shape index (κ1) is 12.2.